The van der Waals surface area contributed by atoms with Crippen LogP contribution < -0.4 is 19.1 Å². The molecule has 2 aliphatic heterocycles. The molecule has 386 valence electrons. The van der Waals surface area contributed by atoms with E-state index in [0.717, 1.165) is 137 Å². The molecule has 9 rings (SSSR count). The number of nitrogens with zero attached hydrogens (tertiary/aromatic N) is 6. The van der Waals surface area contributed by atoms with Gasteiger partial charge < -0.3 is 36.3 Å². The summed E-state index contributed by atoms with van der Waals surface area (Å²) in [5, 5.41) is 4.72. The number of hydrogen-bond donors (Lipinski definition) is 0. The van der Waals surface area contributed by atoms with Crippen LogP contribution in [0.25, 0.3) is 88.6 Å². The molecule has 0 atom stereocenters. The van der Waals surface area contributed by atoms with Gasteiger partial charge in [0.2, 0.25) is 0 Å². The van der Waals surface area contributed by atoms with E-state index < -0.39 is 0 Å². The summed E-state index contributed by atoms with van der Waals surface area (Å²) in [5.41, 5.74) is 16.0. The maximum absolute atomic E-state index is 5.90. The van der Waals surface area contributed by atoms with E-state index >= 15 is 0 Å². The first-order chi connectivity index (χ1) is 34.8. The van der Waals surface area contributed by atoms with Gasteiger partial charge >= 0.3 is 16.8 Å². The summed E-state index contributed by atoms with van der Waals surface area (Å²) in [6.07, 6.45) is 12.9. The summed E-state index contributed by atoms with van der Waals surface area (Å²) < 4.78 is 4.52. The van der Waals surface area contributed by atoms with Gasteiger partial charge in [-0.3, -0.25) is 0 Å². The summed E-state index contributed by atoms with van der Waals surface area (Å²) in [7, 11) is 10.0. The zero-order chi connectivity index (χ0) is 50.0. The number of aromatic nitrogens is 4. The Hall–Kier alpha value is -5.57. The predicted octanol–water partition coefficient (Wildman–Crippen LogP) is 16.0. The van der Waals surface area contributed by atoms with E-state index in [4.69, 9.17) is 24.1 Å². The maximum Gasteiger partial charge on any atom is 3.00 e. The minimum absolute atomic E-state index is 0. The first-order valence-corrected chi connectivity index (χ1v) is 27.2. The summed E-state index contributed by atoms with van der Waals surface area (Å²) in [4.78, 5) is 16.9. The molecule has 0 fully saturated rings. The van der Waals surface area contributed by atoms with Crippen molar-refractivity contribution in [3.63, 3.8) is 0 Å². The number of benzene rings is 4. The van der Waals surface area contributed by atoms with Crippen molar-refractivity contribution in [3.8, 4) is 45.0 Å². The molecule has 73 heavy (non-hydrogen) atoms. The summed E-state index contributed by atoms with van der Waals surface area (Å²) in [5.74, 6) is 0.546. The standard InChI is InChI=1S/C62H74N6.C3H6.CH3.Co/c1-9-15-27-43(28-16-10-2)57-59-49-35-21-17-31-45(49)53(63-59)41-56-48-34-20-24-38-52(48)62(66(56)8)58(44(29-25-39-67(11-3)12-4)30-26-40-68(13-5)14-6)60-50-36-22-18-32-46(50)54(64-60)42-55-47-33-19-23-37-51(47)61(57)65(55)7;1-3-2;;/h17-24,31-38,41-44H,7-16,25-30,39-40H2,1-6H3;3H,1H2,2H3;1H3;/q-2;;-1;+3. The van der Waals surface area contributed by atoms with E-state index in [1.165, 1.54) is 66.3 Å². The second-order valence-corrected chi connectivity index (χ2v) is 19.7. The fourth-order valence-electron chi connectivity index (χ4n) is 11.7. The van der Waals surface area contributed by atoms with Gasteiger partial charge in [0.15, 0.2) is 0 Å². The molecule has 3 aromatic heterocycles. The fraction of sp³-hybridized carbons (Fsp3) is 0.379. The average Bonchev–Trinajstić information content (AvgIpc) is 4.11. The van der Waals surface area contributed by atoms with Crippen LogP contribution in [0.15, 0.2) is 122 Å². The molecule has 0 N–H and O–H groups in total. The van der Waals surface area contributed by atoms with Gasteiger partial charge in [0.05, 0.1) is 0 Å². The van der Waals surface area contributed by atoms with E-state index in [-0.39, 0.29) is 30.1 Å². The van der Waals surface area contributed by atoms with Gasteiger partial charge in [-0.15, -0.1) is 28.6 Å². The Bertz CT molecular complexity index is 3090. The minimum atomic E-state index is 0. The van der Waals surface area contributed by atoms with Crippen LogP contribution in [-0.2, 0) is 16.8 Å². The molecule has 7 aromatic rings. The molecule has 0 spiro atoms. The number of hydrogen-bond acceptors (Lipinski definition) is 2. The first-order valence-electron chi connectivity index (χ1n) is 27.2. The Labute approximate surface area is 450 Å². The molecule has 0 amide bonds. The van der Waals surface area contributed by atoms with Crippen LogP contribution in [0.3, 0.4) is 0 Å². The third-order valence-corrected chi connectivity index (χ3v) is 15.5. The largest absolute Gasteiger partial charge is 3.00 e. The number of fused-ring (bicyclic) bond motifs is 20. The molecule has 0 aliphatic carbocycles. The van der Waals surface area contributed by atoms with Gasteiger partial charge in [-0.05, 0) is 151 Å². The number of unbranched alkanes of at least 4 members (excludes halogenated alkanes) is 2. The number of allylic oxidation sites excluding steroid dienone is 1. The maximum atomic E-state index is 5.90. The molecule has 0 radical (unpaired) electrons. The normalized spacial score (nSPS) is 11.7. The van der Waals surface area contributed by atoms with Gasteiger partial charge in [-0.2, -0.15) is 0 Å². The van der Waals surface area contributed by atoms with Crippen LogP contribution in [0.2, 0.25) is 0 Å². The Balaban J connectivity index is 0.00000170. The van der Waals surface area contributed by atoms with Crippen molar-refractivity contribution in [1.29, 1.82) is 0 Å². The van der Waals surface area contributed by atoms with Crippen molar-refractivity contribution >= 4 is 43.6 Å². The molecule has 4 aromatic carbocycles. The van der Waals surface area contributed by atoms with E-state index in [1.807, 2.05) is 6.92 Å². The molecule has 2 aliphatic rings. The molecule has 0 saturated carbocycles. The van der Waals surface area contributed by atoms with Gasteiger partial charge in [-0.25, -0.2) is 0 Å². The summed E-state index contributed by atoms with van der Waals surface area (Å²) >= 11 is 0. The van der Waals surface area contributed by atoms with E-state index in [9.17, 15) is 0 Å². The molecule has 0 saturated heterocycles. The summed E-state index contributed by atoms with van der Waals surface area (Å²) in [6.45, 7) is 25.5. The van der Waals surface area contributed by atoms with Crippen molar-refractivity contribution in [1.82, 2.24) is 19.8 Å². The smallest absolute Gasteiger partial charge is 0.658 e. The zero-order valence-electron chi connectivity index (χ0n) is 45.6. The van der Waals surface area contributed by atoms with Gasteiger partial charge in [0.25, 0.3) is 0 Å². The van der Waals surface area contributed by atoms with Crippen LogP contribution in [0.1, 0.15) is 136 Å². The van der Waals surface area contributed by atoms with Crippen molar-refractivity contribution < 1.29 is 25.9 Å². The molecule has 0 unspecified atom stereocenters. The molecule has 8 bridgehead atoms. The van der Waals surface area contributed by atoms with Crippen LogP contribution in [0, 0.1) is 21.5 Å². The minimum Gasteiger partial charge on any atom is -0.658 e. The van der Waals surface area contributed by atoms with Crippen LogP contribution in [0.5, 0.6) is 0 Å². The van der Waals surface area contributed by atoms with Gasteiger partial charge in [-0.1, -0.05) is 182 Å². The first kappa shape index (κ1) is 56.7. The predicted molar refractivity (Wildman–Crippen MR) is 310 cm³/mol. The third kappa shape index (κ3) is 11.6. The van der Waals surface area contributed by atoms with E-state index in [0.29, 0.717) is 5.92 Å². The second-order valence-electron chi connectivity index (χ2n) is 19.7. The average molecular weight is 1020 g/mol. The fourth-order valence-corrected chi connectivity index (χ4v) is 11.7. The third-order valence-electron chi connectivity index (χ3n) is 15.5. The summed E-state index contributed by atoms with van der Waals surface area (Å²) in [6, 6.07) is 40.6. The van der Waals surface area contributed by atoms with Gasteiger partial charge in [0.1, 0.15) is 22.8 Å². The van der Waals surface area contributed by atoms with Crippen molar-refractivity contribution in [2.24, 2.45) is 0 Å². The Morgan fingerprint density at radius 3 is 1.16 bits per heavy atom. The molecule has 5 heterocycles. The topological polar surface area (TPSA) is 42.4 Å². The van der Waals surface area contributed by atoms with Crippen molar-refractivity contribution in [3.05, 3.63) is 154 Å². The van der Waals surface area contributed by atoms with Crippen molar-refractivity contribution in [2.45, 2.75) is 125 Å². The SMILES string of the molecule is C=CC.[CH2-][n+]1c2cc3[n-]c(c(C(CCCN(CC)CC)CCCN(CC)CC)c4[n+]([CH2-])c(cc5[n-]c(c(C(CCCC)CCCC)c1-c1ccccc1-2)c1ccccc51)-c1ccccc1-4)c1ccccc31.[CH3-].[Co+3]. The quantitative estimate of drug-likeness (QED) is 0.0433. The molecular weight excluding hydrogens is 936 g/mol. The molecule has 6 nitrogen and oxygen atoms in total. The zero-order valence-corrected chi connectivity index (χ0v) is 46.6. The van der Waals surface area contributed by atoms with Crippen LogP contribution in [-0.4, -0.2) is 49.1 Å². The molecule has 7 heteroatoms. The monoisotopic (exact) mass is 1020 g/mol. The Morgan fingerprint density at radius 2 is 0.822 bits per heavy atom. The van der Waals surface area contributed by atoms with E-state index in [1.54, 1.807) is 6.08 Å². The second kappa shape index (κ2) is 26.6. The van der Waals surface area contributed by atoms with Crippen LogP contribution >= 0.6 is 0 Å². The molecular formula is C66H83CoN6. The van der Waals surface area contributed by atoms with Crippen LogP contribution in [0.4, 0.5) is 0 Å². The van der Waals surface area contributed by atoms with E-state index in [2.05, 4.69) is 176 Å². The Kier molecular flexibility index (Phi) is 20.7. The van der Waals surface area contributed by atoms with Crippen molar-refractivity contribution in [2.75, 3.05) is 39.3 Å². The van der Waals surface area contributed by atoms with Gasteiger partial charge in [0, 0.05) is 14.1 Å². The Morgan fingerprint density at radius 1 is 0.507 bits per heavy atom. The number of rotatable bonds is 20.